The highest BCUT2D eigenvalue weighted by Gasteiger charge is 2.35. The van der Waals surface area contributed by atoms with Crippen LogP contribution in [0.25, 0.3) is 0 Å². The van der Waals surface area contributed by atoms with Crippen LogP contribution in [0.15, 0.2) is 18.2 Å². The first kappa shape index (κ1) is 17.0. The molecule has 2 fully saturated rings. The summed E-state index contributed by atoms with van der Waals surface area (Å²) in [6.07, 6.45) is 2.10. The lowest BCUT2D eigenvalue weighted by Crippen LogP contribution is -2.40. The zero-order chi connectivity index (χ0) is 17.1. The van der Waals surface area contributed by atoms with Crippen molar-refractivity contribution in [3.8, 4) is 11.5 Å². The van der Waals surface area contributed by atoms with E-state index in [1.807, 2.05) is 23.1 Å². The van der Waals surface area contributed by atoms with Gasteiger partial charge < -0.3 is 19.3 Å². The lowest BCUT2D eigenvalue weighted by atomic mass is 10.1. The second-order valence-corrected chi connectivity index (χ2v) is 6.96. The van der Waals surface area contributed by atoms with Gasteiger partial charge in [-0.3, -0.25) is 9.59 Å². The van der Waals surface area contributed by atoms with Crippen molar-refractivity contribution >= 4 is 23.6 Å². The number of likely N-dealkylation sites (tertiary alicyclic amines) is 1. The summed E-state index contributed by atoms with van der Waals surface area (Å²) in [6, 6.07) is 5.63. The number of benzene rings is 1. The van der Waals surface area contributed by atoms with Crippen LogP contribution in [0, 0.1) is 0 Å². The molecule has 2 saturated heterocycles. The molecule has 130 valence electrons. The molecule has 0 saturated carbocycles. The van der Waals surface area contributed by atoms with Crippen LogP contribution in [0.5, 0.6) is 11.5 Å². The Morgan fingerprint density at radius 2 is 1.92 bits per heavy atom. The average molecular weight is 350 g/mol. The number of amides is 2. The van der Waals surface area contributed by atoms with E-state index in [0.717, 1.165) is 31.5 Å². The minimum absolute atomic E-state index is 0.00679. The Morgan fingerprint density at radius 1 is 1.21 bits per heavy atom. The molecule has 0 spiro atoms. The number of nitrogens with zero attached hydrogens (tertiary/aromatic N) is 2. The Labute approximate surface area is 146 Å². The van der Waals surface area contributed by atoms with Gasteiger partial charge in [-0.1, -0.05) is 6.07 Å². The van der Waals surface area contributed by atoms with Gasteiger partial charge in [0.2, 0.25) is 11.8 Å². The highest BCUT2D eigenvalue weighted by atomic mass is 32.2. The molecule has 7 heteroatoms. The molecule has 2 amide bonds. The van der Waals surface area contributed by atoms with Crippen molar-refractivity contribution in [2.75, 3.05) is 39.6 Å². The third kappa shape index (κ3) is 3.31. The second-order valence-electron chi connectivity index (χ2n) is 5.89. The molecule has 2 aliphatic heterocycles. The van der Waals surface area contributed by atoms with E-state index >= 15 is 0 Å². The molecule has 0 N–H and O–H groups in total. The van der Waals surface area contributed by atoms with Gasteiger partial charge in [-0.15, -0.1) is 11.8 Å². The van der Waals surface area contributed by atoms with Crippen LogP contribution in [0.4, 0.5) is 0 Å². The number of carbonyl (C=O) groups is 2. The van der Waals surface area contributed by atoms with Crippen LogP contribution in [-0.4, -0.2) is 61.2 Å². The summed E-state index contributed by atoms with van der Waals surface area (Å²) in [5, 5.41) is -0.163. The van der Waals surface area contributed by atoms with Crippen LogP contribution in [-0.2, 0) is 9.59 Å². The maximum Gasteiger partial charge on any atom is 0.242 e. The quantitative estimate of drug-likeness (QED) is 0.812. The van der Waals surface area contributed by atoms with E-state index in [0.29, 0.717) is 17.3 Å². The van der Waals surface area contributed by atoms with Crippen LogP contribution >= 0.6 is 11.8 Å². The van der Waals surface area contributed by atoms with Crippen molar-refractivity contribution in [2.45, 2.75) is 18.2 Å². The molecule has 1 aromatic rings. The molecule has 2 heterocycles. The highest BCUT2D eigenvalue weighted by molar-refractivity contribution is 8.00. The number of hydrogen-bond acceptors (Lipinski definition) is 5. The third-order valence-electron chi connectivity index (χ3n) is 4.43. The molecule has 0 bridgehead atoms. The van der Waals surface area contributed by atoms with Gasteiger partial charge in [0, 0.05) is 13.1 Å². The Morgan fingerprint density at radius 3 is 2.58 bits per heavy atom. The Hall–Kier alpha value is -1.89. The summed E-state index contributed by atoms with van der Waals surface area (Å²) in [7, 11) is 3.18. The van der Waals surface area contributed by atoms with Crippen molar-refractivity contribution in [1.82, 2.24) is 9.80 Å². The molecule has 1 atom stereocenters. The zero-order valence-electron chi connectivity index (χ0n) is 14.0. The molecular formula is C17H22N2O4S. The van der Waals surface area contributed by atoms with Crippen molar-refractivity contribution in [2.24, 2.45) is 0 Å². The van der Waals surface area contributed by atoms with E-state index in [1.165, 1.54) is 11.8 Å². The van der Waals surface area contributed by atoms with Gasteiger partial charge in [-0.05, 0) is 30.5 Å². The van der Waals surface area contributed by atoms with Crippen molar-refractivity contribution in [1.29, 1.82) is 0 Å². The van der Waals surface area contributed by atoms with Crippen LogP contribution < -0.4 is 9.47 Å². The summed E-state index contributed by atoms with van der Waals surface area (Å²) in [6.45, 7) is 1.74. The van der Waals surface area contributed by atoms with Gasteiger partial charge in [0.05, 0.1) is 20.0 Å². The SMILES string of the molecule is COc1ccc([C@H]2SCC(=O)N2CC(=O)N2CCCC2)cc1OC. The number of methoxy groups -OCH3 is 2. The van der Waals surface area contributed by atoms with Gasteiger partial charge in [-0.2, -0.15) is 0 Å². The lowest BCUT2D eigenvalue weighted by Gasteiger charge is -2.26. The van der Waals surface area contributed by atoms with Gasteiger partial charge in [0.1, 0.15) is 11.9 Å². The molecule has 0 aliphatic carbocycles. The van der Waals surface area contributed by atoms with E-state index in [1.54, 1.807) is 19.1 Å². The first-order valence-corrected chi connectivity index (χ1v) is 9.09. The monoisotopic (exact) mass is 350 g/mol. The summed E-state index contributed by atoms with van der Waals surface area (Å²) in [5.41, 5.74) is 0.942. The first-order chi connectivity index (χ1) is 11.6. The molecule has 3 rings (SSSR count). The van der Waals surface area contributed by atoms with E-state index < -0.39 is 0 Å². The number of rotatable bonds is 5. The minimum atomic E-state index is -0.163. The largest absolute Gasteiger partial charge is 0.493 e. The Kier molecular flexibility index (Phi) is 5.18. The number of ether oxygens (including phenoxy) is 2. The second kappa shape index (κ2) is 7.34. The summed E-state index contributed by atoms with van der Waals surface area (Å²) < 4.78 is 10.6. The molecular weight excluding hydrogens is 328 g/mol. The standard InChI is InChI=1S/C17H22N2O4S/c1-22-13-6-5-12(9-14(13)23-2)17-19(16(21)11-24-17)10-15(20)18-7-3-4-8-18/h5-6,9,17H,3-4,7-8,10-11H2,1-2H3/t17-/m1/s1. The summed E-state index contributed by atoms with van der Waals surface area (Å²) >= 11 is 1.54. The lowest BCUT2D eigenvalue weighted by molar-refractivity contribution is -0.138. The predicted molar refractivity (Wildman–Crippen MR) is 92.3 cm³/mol. The van der Waals surface area contributed by atoms with Gasteiger partial charge in [0.25, 0.3) is 0 Å². The Bertz CT molecular complexity index is 631. The number of hydrogen-bond donors (Lipinski definition) is 0. The fraction of sp³-hybridized carbons (Fsp3) is 0.529. The number of thioether (sulfide) groups is 1. The van der Waals surface area contributed by atoms with E-state index in [-0.39, 0.29) is 23.7 Å². The van der Waals surface area contributed by atoms with Gasteiger partial charge in [-0.25, -0.2) is 0 Å². The van der Waals surface area contributed by atoms with Crippen LogP contribution in [0.1, 0.15) is 23.8 Å². The number of carbonyl (C=O) groups excluding carboxylic acids is 2. The fourth-order valence-electron chi connectivity index (χ4n) is 3.12. The van der Waals surface area contributed by atoms with Gasteiger partial charge in [0.15, 0.2) is 11.5 Å². The molecule has 0 aromatic heterocycles. The maximum atomic E-state index is 12.4. The topological polar surface area (TPSA) is 59.1 Å². The van der Waals surface area contributed by atoms with Crippen LogP contribution in [0.2, 0.25) is 0 Å². The highest BCUT2D eigenvalue weighted by Crippen LogP contribution is 2.41. The van der Waals surface area contributed by atoms with E-state index in [2.05, 4.69) is 0 Å². The minimum Gasteiger partial charge on any atom is -0.493 e. The third-order valence-corrected chi connectivity index (χ3v) is 5.68. The van der Waals surface area contributed by atoms with E-state index in [4.69, 9.17) is 9.47 Å². The van der Waals surface area contributed by atoms with E-state index in [9.17, 15) is 9.59 Å². The summed E-state index contributed by atoms with van der Waals surface area (Å²) in [5.74, 6) is 1.71. The van der Waals surface area contributed by atoms with Crippen molar-refractivity contribution in [3.63, 3.8) is 0 Å². The molecule has 1 aromatic carbocycles. The predicted octanol–water partition coefficient (Wildman–Crippen LogP) is 1.90. The maximum absolute atomic E-state index is 12.4. The molecule has 0 radical (unpaired) electrons. The van der Waals surface area contributed by atoms with Crippen molar-refractivity contribution < 1.29 is 19.1 Å². The van der Waals surface area contributed by atoms with Crippen LogP contribution in [0.3, 0.4) is 0 Å². The van der Waals surface area contributed by atoms with Crippen molar-refractivity contribution in [3.05, 3.63) is 23.8 Å². The first-order valence-electron chi connectivity index (χ1n) is 8.05. The van der Waals surface area contributed by atoms with Gasteiger partial charge >= 0.3 is 0 Å². The average Bonchev–Trinajstić information content (AvgIpc) is 3.25. The normalized spacial score (nSPS) is 20.6. The zero-order valence-corrected chi connectivity index (χ0v) is 14.8. The fourth-order valence-corrected chi connectivity index (χ4v) is 4.30. The summed E-state index contributed by atoms with van der Waals surface area (Å²) in [4.78, 5) is 28.2. The Balaban J connectivity index is 1.78. The molecule has 0 unspecified atom stereocenters. The molecule has 24 heavy (non-hydrogen) atoms. The smallest absolute Gasteiger partial charge is 0.242 e. The molecule has 2 aliphatic rings. The molecule has 6 nitrogen and oxygen atoms in total.